The molecule has 3 aromatic rings. The maximum absolute atomic E-state index is 12.8. The minimum Gasteiger partial charge on any atom is -0.355 e. The van der Waals surface area contributed by atoms with Gasteiger partial charge in [-0.05, 0) is 36.1 Å². The fraction of sp³-hybridized carbons (Fsp3) is 0.105. The van der Waals surface area contributed by atoms with E-state index in [9.17, 15) is 13.2 Å². The minimum absolute atomic E-state index is 0.0460. The predicted octanol–water partition coefficient (Wildman–Crippen LogP) is 3.31. The Balaban J connectivity index is 2.04. The lowest BCUT2D eigenvalue weighted by Crippen LogP contribution is -2.20. The molecule has 0 heterocycles. The Bertz CT molecular complexity index is 1050. The Morgan fingerprint density at radius 2 is 1.68 bits per heavy atom. The lowest BCUT2D eigenvalue weighted by Gasteiger charge is -2.12. The normalized spacial score (nSPS) is 11.3. The van der Waals surface area contributed by atoms with E-state index < -0.39 is 10.0 Å². The summed E-state index contributed by atoms with van der Waals surface area (Å²) in [5, 5.41) is 4.27. The lowest BCUT2D eigenvalue weighted by molar-refractivity contribution is 0.0962. The van der Waals surface area contributed by atoms with Crippen molar-refractivity contribution in [2.75, 3.05) is 11.8 Å². The summed E-state index contributed by atoms with van der Waals surface area (Å²) in [5.41, 5.74) is 1.55. The van der Waals surface area contributed by atoms with Crippen LogP contribution < -0.4 is 10.0 Å². The number of sulfonamides is 1. The van der Waals surface area contributed by atoms with Crippen LogP contribution in [0.3, 0.4) is 0 Å². The van der Waals surface area contributed by atoms with Crippen LogP contribution in [0.4, 0.5) is 5.69 Å². The number of rotatable bonds is 4. The van der Waals surface area contributed by atoms with Gasteiger partial charge < -0.3 is 5.32 Å². The summed E-state index contributed by atoms with van der Waals surface area (Å²) >= 11 is 0. The van der Waals surface area contributed by atoms with Gasteiger partial charge in [-0.1, -0.05) is 42.5 Å². The first-order chi connectivity index (χ1) is 11.9. The molecule has 3 rings (SSSR count). The Morgan fingerprint density at radius 3 is 2.44 bits per heavy atom. The molecule has 128 valence electrons. The van der Waals surface area contributed by atoms with Crippen LogP contribution in [0.5, 0.6) is 0 Å². The molecule has 0 aliphatic rings. The van der Waals surface area contributed by atoms with E-state index in [2.05, 4.69) is 10.0 Å². The van der Waals surface area contributed by atoms with Gasteiger partial charge >= 0.3 is 0 Å². The second-order valence-electron chi connectivity index (χ2n) is 5.69. The average molecular weight is 354 g/mol. The molecule has 0 saturated carbocycles. The molecule has 0 aliphatic carbocycles. The molecule has 3 aromatic carbocycles. The van der Waals surface area contributed by atoms with Gasteiger partial charge in [0.15, 0.2) is 0 Å². The Morgan fingerprint density at radius 1 is 0.960 bits per heavy atom. The van der Waals surface area contributed by atoms with Gasteiger partial charge in [-0.25, -0.2) is 8.42 Å². The van der Waals surface area contributed by atoms with E-state index >= 15 is 0 Å². The smallest absolute Gasteiger partial charge is 0.261 e. The molecule has 0 aromatic heterocycles. The molecule has 0 unspecified atom stereocenters. The van der Waals surface area contributed by atoms with Crippen molar-refractivity contribution in [3.8, 4) is 0 Å². The van der Waals surface area contributed by atoms with Crippen molar-refractivity contribution in [1.82, 2.24) is 5.32 Å². The SMILES string of the molecule is CNC(=O)c1cc(S(=O)(=O)Nc2cccc3ccccc23)ccc1C. The zero-order chi connectivity index (χ0) is 18.0. The molecular formula is C19H18N2O3S. The zero-order valence-corrected chi connectivity index (χ0v) is 14.7. The Labute approximate surface area is 146 Å². The van der Waals surface area contributed by atoms with E-state index in [1.165, 1.54) is 19.2 Å². The van der Waals surface area contributed by atoms with Crippen molar-refractivity contribution >= 4 is 32.4 Å². The van der Waals surface area contributed by atoms with Gasteiger partial charge in [0.2, 0.25) is 0 Å². The molecule has 0 radical (unpaired) electrons. The van der Waals surface area contributed by atoms with Gasteiger partial charge in [0.25, 0.3) is 15.9 Å². The minimum atomic E-state index is -3.82. The summed E-state index contributed by atoms with van der Waals surface area (Å²) in [5.74, 6) is -0.320. The van der Waals surface area contributed by atoms with E-state index in [-0.39, 0.29) is 10.8 Å². The van der Waals surface area contributed by atoms with Gasteiger partial charge in [-0.3, -0.25) is 9.52 Å². The molecule has 6 heteroatoms. The first kappa shape index (κ1) is 17.0. The third-order valence-electron chi connectivity index (χ3n) is 4.02. The van der Waals surface area contributed by atoms with Crippen LogP contribution in [0.15, 0.2) is 65.6 Å². The number of hydrogen-bond acceptors (Lipinski definition) is 3. The summed E-state index contributed by atoms with van der Waals surface area (Å²) in [6, 6.07) is 17.5. The van der Waals surface area contributed by atoms with Crippen LogP contribution in [-0.2, 0) is 10.0 Å². The van der Waals surface area contributed by atoms with Gasteiger partial charge in [-0.2, -0.15) is 0 Å². The molecule has 5 nitrogen and oxygen atoms in total. The van der Waals surface area contributed by atoms with Crippen molar-refractivity contribution in [3.63, 3.8) is 0 Å². The first-order valence-electron chi connectivity index (χ1n) is 7.76. The number of carbonyl (C=O) groups is 1. The average Bonchev–Trinajstić information content (AvgIpc) is 2.61. The predicted molar refractivity (Wildman–Crippen MR) is 99.3 cm³/mol. The van der Waals surface area contributed by atoms with Gasteiger partial charge in [0, 0.05) is 18.0 Å². The summed E-state index contributed by atoms with van der Waals surface area (Å²) < 4.78 is 28.2. The molecular weight excluding hydrogens is 336 g/mol. The third kappa shape index (κ3) is 3.34. The van der Waals surface area contributed by atoms with E-state index in [1.54, 1.807) is 25.1 Å². The van der Waals surface area contributed by atoms with Crippen LogP contribution in [0.2, 0.25) is 0 Å². The highest BCUT2D eigenvalue weighted by molar-refractivity contribution is 7.92. The highest BCUT2D eigenvalue weighted by Crippen LogP contribution is 2.26. The number of anilines is 1. The molecule has 0 spiro atoms. The maximum Gasteiger partial charge on any atom is 0.261 e. The van der Waals surface area contributed by atoms with E-state index in [1.807, 2.05) is 30.3 Å². The topological polar surface area (TPSA) is 75.3 Å². The van der Waals surface area contributed by atoms with Crippen molar-refractivity contribution in [3.05, 3.63) is 71.8 Å². The summed E-state index contributed by atoms with van der Waals surface area (Å²) in [7, 11) is -2.30. The van der Waals surface area contributed by atoms with E-state index in [0.29, 0.717) is 16.8 Å². The molecule has 0 fully saturated rings. The molecule has 25 heavy (non-hydrogen) atoms. The molecule has 0 atom stereocenters. The van der Waals surface area contributed by atoms with Crippen molar-refractivity contribution in [2.24, 2.45) is 0 Å². The lowest BCUT2D eigenvalue weighted by atomic mass is 10.1. The zero-order valence-electron chi connectivity index (χ0n) is 13.9. The van der Waals surface area contributed by atoms with Crippen LogP contribution in [0.25, 0.3) is 10.8 Å². The van der Waals surface area contributed by atoms with Gasteiger partial charge in [-0.15, -0.1) is 0 Å². The number of fused-ring (bicyclic) bond motifs is 1. The van der Waals surface area contributed by atoms with Gasteiger partial charge in [0.05, 0.1) is 10.6 Å². The maximum atomic E-state index is 12.8. The summed E-state index contributed by atoms with van der Waals surface area (Å²) in [6.07, 6.45) is 0. The fourth-order valence-electron chi connectivity index (χ4n) is 2.67. The number of hydrogen-bond donors (Lipinski definition) is 2. The fourth-order valence-corrected chi connectivity index (χ4v) is 3.77. The highest BCUT2D eigenvalue weighted by atomic mass is 32.2. The van der Waals surface area contributed by atoms with E-state index in [4.69, 9.17) is 0 Å². The summed E-state index contributed by atoms with van der Waals surface area (Å²) in [6.45, 7) is 1.76. The standard InChI is InChI=1S/C19H18N2O3S/c1-13-10-11-15(12-17(13)19(22)20-2)25(23,24)21-18-9-5-7-14-6-3-4-8-16(14)18/h3-12,21H,1-2H3,(H,20,22). The van der Waals surface area contributed by atoms with Gasteiger partial charge in [0.1, 0.15) is 0 Å². The van der Waals surface area contributed by atoms with Crippen LogP contribution in [0.1, 0.15) is 15.9 Å². The first-order valence-corrected chi connectivity index (χ1v) is 9.24. The Hall–Kier alpha value is -2.86. The number of carbonyl (C=O) groups excluding carboxylic acids is 1. The number of nitrogens with one attached hydrogen (secondary N) is 2. The second-order valence-corrected chi connectivity index (χ2v) is 7.37. The van der Waals surface area contributed by atoms with Crippen molar-refractivity contribution in [1.29, 1.82) is 0 Å². The van der Waals surface area contributed by atoms with Crippen LogP contribution in [-0.4, -0.2) is 21.4 Å². The molecule has 2 N–H and O–H groups in total. The van der Waals surface area contributed by atoms with E-state index in [0.717, 1.165) is 10.8 Å². The Kier molecular flexibility index (Phi) is 4.46. The van der Waals surface area contributed by atoms with Crippen molar-refractivity contribution in [2.45, 2.75) is 11.8 Å². The van der Waals surface area contributed by atoms with Crippen LogP contribution in [0, 0.1) is 6.92 Å². The van der Waals surface area contributed by atoms with Crippen molar-refractivity contribution < 1.29 is 13.2 Å². The molecule has 1 amide bonds. The number of amides is 1. The molecule has 0 bridgehead atoms. The monoisotopic (exact) mass is 354 g/mol. The van der Waals surface area contributed by atoms with Crippen LogP contribution >= 0.6 is 0 Å². The number of aryl methyl sites for hydroxylation is 1. The largest absolute Gasteiger partial charge is 0.355 e. The number of benzene rings is 3. The highest BCUT2D eigenvalue weighted by Gasteiger charge is 2.18. The molecule has 0 aliphatic heterocycles. The summed E-state index contributed by atoms with van der Waals surface area (Å²) in [4.78, 5) is 12.0. The molecule has 0 saturated heterocycles. The second kappa shape index (κ2) is 6.57. The third-order valence-corrected chi connectivity index (χ3v) is 5.39. The quantitative estimate of drug-likeness (QED) is 0.755.